The number of fused-ring (bicyclic) bond motifs is 3. The molecule has 0 aromatic heterocycles. The fourth-order valence-electron chi connectivity index (χ4n) is 7.69. The molecule has 1 atom stereocenters. The zero-order valence-electron chi connectivity index (χ0n) is 26.2. The second-order valence-corrected chi connectivity index (χ2v) is 12.7. The first-order chi connectivity index (χ1) is 21.7. The van der Waals surface area contributed by atoms with Crippen molar-refractivity contribution in [2.75, 3.05) is 6.54 Å². The summed E-state index contributed by atoms with van der Waals surface area (Å²) in [6.45, 7) is 6.50. The van der Waals surface area contributed by atoms with Gasteiger partial charge in [-0.2, -0.15) is 0 Å². The van der Waals surface area contributed by atoms with Crippen LogP contribution in [0, 0.1) is 6.92 Å². The maximum Gasteiger partial charge on any atom is 0.0208 e. The number of rotatable bonds is 9. The number of aryl methyl sites for hydroxylation is 1. The van der Waals surface area contributed by atoms with Gasteiger partial charge in [-0.05, 0) is 106 Å². The lowest BCUT2D eigenvalue weighted by atomic mass is 9.79. The van der Waals surface area contributed by atoms with Gasteiger partial charge in [-0.3, -0.25) is 0 Å². The summed E-state index contributed by atoms with van der Waals surface area (Å²) in [5, 5.41) is 3.71. The van der Waals surface area contributed by atoms with Crippen molar-refractivity contribution < 1.29 is 0 Å². The summed E-state index contributed by atoms with van der Waals surface area (Å²) >= 11 is 0. The highest BCUT2D eigenvalue weighted by atomic mass is 14.8. The van der Waals surface area contributed by atoms with Crippen LogP contribution < -0.4 is 5.32 Å². The molecule has 1 unspecified atom stereocenters. The van der Waals surface area contributed by atoms with Crippen LogP contribution in [0.4, 0.5) is 0 Å². The summed E-state index contributed by atoms with van der Waals surface area (Å²) in [6.07, 6.45) is 18.2. The average molecular weight is 574 g/mol. The minimum absolute atomic E-state index is 0.433. The van der Waals surface area contributed by atoms with E-state index in [0.717, 1.165) is 51.6 Å². The SMILES string of the molecule is CCCC1=C(c2c(C)cccc2-c2cccc3c2-c2c(cccc2C2C=CC=CC2)C3)CCC(CNCc2ccccc2)=C1. The van der Waals surface area contributed by atoms with Gasteiger partial charge in [0.05, 0.1) is 0 Å². The Hall–Kier alpha value is -4.20. The lowest BCUT2D eigenvalue weighted by Gasteiger charge is -2.26. The Labute approximate surface area is 263 Å². The smallest absolute Gasteiger partial charge is 0.0208 e. The molecule has 0 saturated carbocycles. The molecular weight excluding hydrogens is 530 g/mol. The third-order valence-electron chi connectivity index (χ3n) is 9.71. The molecule has 4 aromatic rings. The second kappa shape index (κ2) is 12.8. The molecule has 0 fully saturated rings. The third-order valence-corrected chi connectivity index (χ3v) is 9.71. The molecule has 1 nitrogen and oxygen atoms in total. The van der Waals surface area contributed by atoms with Gasteiger partial charge in [-0.1, -0.05) is 134 Å². The summed E-state index contributed by atoms with van der Waals surface area (Å²) in [7, 11) is 0. The first-order valence-corrected chi connectivity index (χ1v) is 16.5. The number of hydrogen-bond donors (Lipinski definition) is 1. The minimum Gasteiger partial charge on any atom is -0.309 e. The Morgan fingerprint density at radius 1 is 0.727 bits per heavy atom. The van der Waals surface area contributed by atoms with Gasteiger partial charge < -0.3 is 5.32 Å². The maximum absolute atomic E-state index is 3.71. The van der Waals surface area contributed by atoms with E-state index in [4.69, 9.17) is 0 Å². The number of nitrogens with one attached hydrogen (secondary N) is 1. The van der Waals surface area contributed by atoms with Crippen LogP contribution in [0.5, 0.6) is 0 Å². The molecule has 3 aliphatic carbocycles. The number of hydrogen-bond acceptors (Lipinski definition) is 1. The van der Waals surface area contributed by atoms with Crippen LogP contribution in [0.2, 0.25) is 0 Å². The molecule has 44 heavy (non-hydrogen) atoms. The molecule has 0 bridgehead atoms. The average Bonchev–Trinajstić information content (AvgIpc) is 3.45. The summed E-state index contributed by atoms with van der Waals surface area (Å²) in [5.41, 5.74) is 18.9. The lowest BCUT2D eigenvalue weighted by molar-refractivity contribution is 0.713. The monoisotopic (exact) mass is 573 g/mol. The van der Waals surface area contributed by atoms with Gasteiger partial charge in [-0.15, -0.1) is 0 Å². The van der Waals surface area contributed by atoms with Crippen LogP contribution in [0.1, 0.15) is 78.3 Å². The Morgan fingerprint density at radius 2 is 1.50 bits per heavy atom. The number of benzene rings is 4. The van der Waals surface area contributed by atoms with Crippen molar-refractivity contribution in [3.8, 4) is 22.3 Å². The third kappa shape index (κ3) is 5.58. The first-order valence-electron chi connectivity index (χ1n) is 16.5. The minimum atomic E-state index is 0.433. The Balaban J connectivity index is 1.29. The predicted octanol–water partition coefficient (Wildman–Crippen LogP) is 10.9. The van der Waals surface area contributed by atoms with E-state index in [1.807, 2.05) is 0 Å². The first kappa shape index (κ1) is 28.6. The molecule has 4 aromatic carbocycles. The Bertz CT molecular complexity index is 1800. The van der Waals surface area contributed by atoms with Crippen LogP contribution in [-0.4, -0.2) is 6.54 Å². The van der Waals surface area contributed by atoms with Gasteiger partial charge >= 0.3 is 0 Å². The molecule has 1 N–H and O–H groups in total. The highest BCUT2D eigenvalue weighted by Gasteiger charge is 2.28. The highest BCUT2D eigenvalue weighted by Crippen LogP contribution is 2.49. The van der Waals surface area contributed by atoms with Gasteiger partial charge in [0.25, 0.3) is 0 Å². The standard InChI is InChI=1S/C43H43N/c1-3-13-34-26-32(29-44-28-31-15-6-4-7-16-31)24-25-38(34)41-30(2)14-10-22-39(41)40-23-12-20-36-27-35-19-11-21-37(42(35)43(36)40)33-17-8-5-9-18-33/h4-12,14-17,19-23,26,33,44H,3,13,18,24-25,27-29H2,1-2H3. The fraction of sp³-hybridized carbons (Fsp3) is 0.256. The second-order valence-electron chi connectivity index (χ2n) is 12.7. The molecule has 0 amide bonds. The highest BCUT2D eigenvalue weighted by molar-refractivity contribution is 5.96. The van der Waals surface area contributed by atoms with Gasteiger partial charge in [-0.25, -0.2) is 0 Å². The topological polar surface area (TPSA) is 12.0 Å². The van der Waals surface area contributed by atoms with E-state index < -0.39 is 0 Å². The van der Waals surface area contributed by atoms with Crippen molar-refractivity contribution in [3.05, 3.63) is 160 Å². The zero-order valence-corrected chi connectivity index (χ0v) is 26.2. The van der Waals surface area contributed by atoms with Gasteiger partial charge in [0.15, 0.2) is 0 Å². The van der Waals surface area contributed by atoms with E-state index in [1.165, 1.54) is 66.8 Å². The van der Waals surface area contributed by atoms with Crippen molar-refractivity contribution in [2.24, 2.45) is 0 Å². The van der Waals surface area contributed by atoms with E-state index in [0.29, 0.717) is 5.92 Å². The Kier molecular flexibility index (Phi) is 8.31. The summed E-state index contributed by atoms with van der Waals surface area (Å²) in [5.74, 6) is 0.433. The van der Waals surface area contributed by atoms with E-state index in [-0.39, 0.29) is 0 Å². The fourth-order valence-corrected chi connectivity index (χ4v) is 7.69. The van der Waals surface area contributed by atoms with Gasteiger partial charge in [0.2, 0.25) is 0 Å². The van der Waals surface area contributed by atoms with E-state index in [9.17, 15) is 0 Å². The van der Waals surface area contributed by atoms with Crippen molar-refractivity contribution >= 4 is 5.57 Å². The van der Waals surface area contributed by atoms with Crippen LogP contribution >= 0.6 is 0 Å². The van der Waals surface area contributed by atoms with Crippen LogP contribution in [0.3, 0.4) is 0 Å². The summed E-state index contributed by atoms with van der Waals surface area (Å²) in [4.78, 5) is 0. The van der Waals surface area contributed by atoms with Crippen molar-refractivity contribution in [1.29, 1.82) is 0 Å². The molecule has 7 rings (SSSR count). The normalized spacial score (nSPS) is 17.0. The molecule has 0 radical (unpaired) electrons. The zero-order chi connectivity index (χ0) is 29.9. The largest absolute Gasteiger partial charge is 0.309 e. The van der Waals surface area contributed by atoms with E-state index in [2.05, 4.69) is 134 Å². The predicted molar refractivity (Wildman–Crippen MR) is 188 cm³/mol. The molecule has 0 heterocycles. The van der Waals surface area contributed by atoms with Crippen molar-refractivity contribution in [2.45, 2.75) is 64.8 Å². The van der Waals surface area contributed by atoms with Crippen LogP contribution in [0.15, 0.2) is 126 Å². The molecule has 3 aliphatic rings. The molecule has 0 spiro atoms. The van der Waals surface area contributed by atoms with Crippen molar-refractivity contribution in [1.82, 2.24) is 5.32 Å². The van der Waals surface area contributed by atoms with E-state index >= 15 is 0 Å². The quantitative estimate of drug-likeness (QED) is 0.185. The molecular formula is C43H43N. The lowest BCUT2D eigenvalue weighted by Crippen LogP contribution is -2.18. The van der Waals surface area contributed by atoms with E-state index in [1.54, 1.807) is 5.57 Å². The molecule has 0 aliphatic heterocycles. The van der Waals surface area contributed by atoms with Crippen LogP contribution in [0.25, 0.3) is 27.8 Å². The Morgan fingerprint density at radius 3 is 2.30 bits per heavy atom. The maximum atomic E-state index is 3.71. The molecule has 0 saturated heterocycles. The summed E-state index contributed by atoms with van der Waals surface area (Å²) < 4.78 is 0. The van der Waals surface area contributed by atoms with Gasteiger partial charge in [0, 0.05) is 19.0 Å². The van der Waals surface area contributed by atoms with Gasteiger partial charge in [0.1, 0.15) is 0 Å². The molecule has 1 heteroatoms. The molecule has 220 valence electrons. The summed E-state index contributed by atoms with van der Waals surface area (Å²) in [6, 6.07) is 31.7. The number of allylic oxidation sites excluding steroid dienone is 7. The van der Waals surface area contributed by atoms with Crippen LogP contribution in [-0.2, 0) is 13.0 Å². The van der Waals surface area contributed by atoms with Crippen molar-refractivity contribution in [3.63, 3.8) is 0 Å².